The van der Waals surface area contributed by atoms with E-state index < -0.39 is 43.5 Å². The maximum absolute atomic E-state index is 7.83. The van der Waals surface area contributed by atoms with E-state index >= 15 is 0 Å². The maximum atomic E-state index is 7.83. The topological polar surface area (TPSA) is 0 Å². The number of fused-ring (bicyclic) bond motifs is 4. The first-order chi connectivity index (χ1) is 19.7. The number of allylic oxidation sites excluding steroid dienone is 1. The van der Waals surface area contributed by atoms with Crippen LogP contribution in [-0.4, -0.2) is 25.7 Å². The molecule has 0 N–H and O–H groups in total. The molecule has 42 heavy (non-hydrogen) atoms. The van der Waals surface area contributed by atoms with Gasteiger partial charge >= 0.3 is 271 Å². The van der Waals surface area contributed by atoms with E-state index in [1.807, 2.05) is 0 Å². The molecule has 1 unspecified atom stereocenters. The number of rotatable bonds is 6. The van der Waals surface area contributed by atoms with Crippen LogP contribution >= 0.6 is 17.0 Å². The summed E-state index contributed by atoms with van der Waals surface area (Å²) in [6, 6.07) is 28.0. The molecule has 0 radical (unpaired) electrons. The molecular formula is C36H42Cl2Si3Zr. The van der Waals surface area contributed by atoms with Crippen LogP contribution in [0, 0.1) is 0 Å². The molecule has 0 spiro atoms. The summed E-state index contributed by atoms with van der Waals surface area (Å²) < 4.78 is 1.42. The van der Waals surface area contributed by atoms with E-state index in [-0.39, 0.29) is 3.63 Å². The zero-order chi connectivity index (χ0) is 30.2. The molecule has 1 heterocycles. The van der Waals surface area contributed by atoms with E-state index in [2.05, 4.69) is 132 Å². The van der Waals surface area contributed by atoms with Gasteiger partial charge in [-0.05, 0) is 0 Å². The second-order valence-corrected chi connectivity index (χ2v) is 40.3. The predicted octanol–water partition coefficient (Wildman–Crippen LogP) is 7.35. The fourth-order valence-corrected chi connectivity index (χ4v) is 26.7. The molecule has 216 valence electrons. The van der Waals surface area contributed by atoms with Crippen molar-refractivity contribution in [3.8, 4) is 22.3 Å². The normalized spacial score (nSPS) is 16.8. The van der Waals surface area contributed by atoms with Gasteiger partial charge in [0.15, 0.2) is 0 Å². The summed E-state index contributed by atoms with van der Waals surface area (Å²) >= 11 is -3.94. The zero-order valence-corrected chi connectivity index (χ0v) is 33.6. The van der Waals surface area contributed by atoms with E-state index in [1.165, 1.54) is 58.2 Å². The molecule has 0 saturated heterocycles. The summed E-state index contributed by atoms with van der Waals surface area (Å²) in [6.45, 7) is 19.4. The van der Waals surface area contributed by atoms with Gasteiger partial charge in [-0.2, -0.15) is 0 Å². The quantitative estimate of drug-likeness (QED) is 0.161. The average Bonchev–Trinajstić information content (AvgIpc) is 3.48. The molecule has 0 aromatic heterocycles. The van der Waals surface area contributed by atoms with Crippen molar-refractivity contribution >= 4 is 72.8 Å². The monoisotopic (exact) mass is 718 g/mol. The first-order valence-electron chi connectivity index (χ1n) is 15.3. The SMILES string of the molecule is CCc1ccc2c(c1-c1cc([Si](C)(C)C)cc([Si](C)(C)C)c1)C=C(C)[CH]2[Zr]([Cl])([Cl])[c]1cccc2c1[SiH2]c1ccccc1-2. The van der Waals surface area contributed by atoms with Gasteiger partial charge in [0.1, 0.15) is 0 Å². The molecule has 0 saturated carbocycles. The third-order valence-corrected chi connectivity index (χ3v) is 28.0. The molecule has 0 nitrogen and oxygen atoms in total. The van der Waals surface area contributed by atoms with Crippen molar-refractivity contribution in [3.05, 3.63) is 95.1 Å². The zero-order valence-electron chi connectivity index (χ0n) is 26.3. The molecule has 1 aliphatic carbocycles. The third kappa shape index (κ3) is 5.23. The van der Waals surface area contributed by atoms with Gasteiger partial charge in [0.2, 0.25) is 0 Å². The van der Waals surface area contributed by atoms with Crippen molar-refractivity contribution < 1.29 is 17.9 Å². The number of hydrogen-bond donors (Lipinski definition) is 0. The first-order valence-corrected chi connectivity index (χ1v) is 32.7. The second-order valence-electron chi connectivity index (χ2n) is 14.4. The molecule has 1 aliphatic heterocycles. The van der Waals surface area contributed by atoms with Gasteiger partial charge in [0, 0.05) is 0 Å². The molecular weight excluding hydrogens is 679 g/mol. The van der Waals surface area contributed by atoms with Crippen LogP contribution in [0.25, 0.3) is 28.3 Å². The van der Waals surface area contributed by atoms with Gasteiger partial charge in [-0.1, -0.05) is 0 Å². The summed E-state index contributed by atoms with van der Waals surface area (Å²) in [5.41, 5.74) is 11.0. The molecule has 0 bridgehead atoms. The Kier molecular flexibility index (Phi) is 8.03. The van der Waals surface area contributed by atoms with Crippen molar-refractivity contribution in [3.63, 3.8) is 0 Å². The second kappa shape index (κ2) is 11.0. The third-order valence-electron chi connectivity index (χ3n) is 9.41. The number of aryl methyl sites for hydroxylation is 1. The molecule has 4 aromatic rings. The fraction of sp³-hybridized carbons (Fsp3) is 0.278. The number of benzene rings is 4. The Morgan fingerprint density at radius 2 is 1.43 bits per heavy atom. The molecule has 0 amide bonds. The Morgan fingerprint density at radius 1 is 0.786 bits per heavy atom. The molecule has 4 aromatic carbocycles. The molecule has 6 heteroatoms. The first kappa shape index (κ1) is 30.7. The Hall–Kier alpha value is -1.27. The van der Waals surface area contributed by atoms with E-state index in [9.17, 15) is 0 Å². The van der Waals surface area contributed by atoms with Crippen molar-refractivity contribution in [1.29, 1.82) is 0 Å². The van der Waals surface area contributed by atoms with Crippen molar-refractivity contribution in [1.82, 2.24) is 0 Å². The molecule has 1 atom stereocenters. The predicted molar refractivity (Wildman–Crippen MR) is 195 cm³/mol. The fourth-order valence-electron chi connectivity index (χ4n) is 7.02. The standard InChI is InChI=1S/C24H33Si2.C12H9Si.2ClH.Zr/c1-9-18-10-11-19-12-17(2)13-23(19)24(18)20-14-21(25(3,4)5)16-22(15-20)26(6,7)8;1-3-7-11-9(5-1)10-6-2-4-8-12(10)13-11;;;/h10-16H,9H2,1-8H3;1-7H,13H2;2*1H;/q;;;;+2/p-2. The molecule has 0 fully saturated rings. The van der Waals surface area contributed by atoms with Crippen molar-refractivity contribution in [2.75, 3.05) is 0 Å². The Bertz CT molecular complexity index is 1730. The Morgan fingerprint density at radius 3 is 2.07 bits per heavy atom. The van der Waals surface area contributed by atoms with Crippen molar-refractivity contribution in [2.45, 2.75) is 63.2 Å². The van der Waals surface area contributed by atoms with E-state index in [4.69, 9.17) is 17.0 Å². The van der Waals surface area contributed by atoms with E-state index in [0.717, 1.165) is 6.42 Å². The van der Waals surface area contributed by atoms with Gasteiger partial charge in [0.05, 0.1) is 0 Å². The molecule has 6 rings (SSSR count). The van der Waals surface area contributed by atoms with Crippen LogP contribution in [0.2, 0.25) is 39.3 Å². The van der Waals surface area contributed by atoms with Gasteiger partial charge in [-0.15, -0.1) is 0 Å². The van der Waals surface area contributed by atoms with E-state index in [0.29, 0.717) is 0 Å². The van der Waals surface area contributed by atoms with Gasteiger partial charge < -0.3 is 0 Å². The van der Waals surface area contributed by atoms with Crippen molar-refractivity contribution in [2.24, 2.45) is 0 Å². The van der Waals surface area contributed by atoms with Crippen LogP contribution in [0.4, 0.5) is 0 Å². The molecule has 2 aliphatic rings. The van der Waals surface area contributed by atoms with Crippen LogP contribution in [0.15, 0.2) is 78.4 Å². The van der Waals surface area contributed by atoms with Crippen LogP contribution in [0.3, 0.4) is 0 Å². The van der Waals surface area contributed by atoms with E-state index in [1.54, 1.807) is 10.4 Å². The van der Waals surface area contributed by atoms with Crippen LogP contribution in [-0.2, 0) is 24.3 Å². The average molecular weight is 721 g/mol. The van der Waals surface area contributed by atoms with Crippen LogP contribution in [0.5, 0.6) is 0 Å². The van der Waals surface area contributed by atoms with Crippen LogP contribution < -0.4 is 24.0 Å². The number of hydrogen-bond acceptors (Lipinski definition) is 0. The minimum absolute atomic E-state index is 0.114. The summed E-state index contributed by atoms with van der Waals surface area (Å²) in [5, 5.41) is 6.12. The van der Waals surface area contributed by atoms with Gasteiger partial charge in [-0.3, -0.25) is 0 Å². The van der Waals surface area contributed by atoms with Gasteiger partial charge in [0.25, 0.3) is 0 Å². The Labute approximate surface area is 268 Å². The summed E-state index contributed by atoms with van der Waals surface area (Å²) in [4.78, 5) is 0. The minimum atomic E-state index is -3.94. The Balaban J connectivity index is 1.53. The number of halogens is 2. The summed E-state index contributed by atoms with van der Waals surface area (Å²) in [6.07, 6.45) is 3.45. The van der Waals surface area contributed by atoms with Crippen LogP contribution in [0.1, 0.15) is 34.2 Å². The summed E-state index contributed by atoms with van der Waals surface area (Å²) in [5.74, 6) is 0. The summed E-state index contributed by atoms with van der Waals surface area (Å²) in [7, 11) is 12.0. The van der Waals surface area contributed by atoms with Gasteiger partial charge in [-0.25, -0.2) is 0 Å².